The summed E-state index contributed by atoms with van der Waals surface area (Å²) in [5.41, 5.74) is 0.183. The Bertz CT molecular complexity index is 851. The van der Waals surface area contributed by atoms with Crippen LogP contribution in [0.4, 0.5) is 0 Å². The number of rotatable bonds is 6. The first-order valence-electron chi connectivity index (χ1n) is 7.01. The lowest BCUT2D eigenvalue weighted by Gasteiger charge is -2.11. The third-order valence-electron chi connectivity index (χ3n) is 3.22. The van der Waals surface area contributed by atoms with Crippen LogP contribution in [0.25, 0.3) is 0 Å². The average molecular weight is 367 g/mol. The van der Waals surface area contributed by atoms with Gasteiger partial charge in [-0.1, -0.05) is 0 Å². The van der Waals surface area contributed by atoms with E-state index in [1.807, 2.05) is 13.0 Å². The first-order chi connectivity index (χ1) is 11.2. The van der Waals surface area contributed by atoms with E-state index in [0.717, 1.165) is 9.18 Å². The van der Waals surface area contributed by atoms with Crippen LogP contribution in [0.5, 0.6) is 0 Å². The number of ether oxygens (including phenoxy) is 1. The predicted octanol–water partition coefficient (Wildman–Crippen LogP) is 2.35. The summed E-state index contributed by atoms with van der Waals surface area (Å²) in [5, 5.41) is 0. The van der Waals surface area contributed by atoms with E-state index < -0.39 is 16.0 Å². The second-order valence-electron chi connectivity index (χ2n) is 5.22. The highest BCUT2D eigenvalue weighted by Crippen LogP contribution is 2.17. The summed E-state index contributed by atoms with van der Waals surface area (Å²) in [7, 11) is -0.698. The van der Waals surface area contributed by atoms with Crippen LogP contribution in [0.15, 0.2) is 41.3 Å². The highest BCUT2D eigenvalue weighted by molar-refractivity contribution is 7.89. The Hall–Kier alpha value is -2.03. The Morgan fingerprint density at radius 2 is 1.71 bits per heavy atom. The fraction of sp³-hybridized carbons (Fsp3) is 0.250. The molecule has 0 N–H and O–H groups in total. The van der Waals surface area contributed by atoms with Crippen LogP contribution in [0.2, 0.25) is 0 Å². The van der Waals surface area contributed by atoms with Crippen LogP contribution in [-0.4, -0.2) is 45.2 Å². The molecule has 0 fully saturated rings. The Balaban J connectivity index is 2.02. The van der Waals surface area contributed by atoms with Crippen molar-refractivity contribution in [2.75, 3.05) is 20.7 Å². The topological polar surface area (TPSA) is 80.8 Å². The van der Waals surface area contributed by atoms with Crippen molar-refractivity contribution in [3.8, 4) is 0 Å². The molecule has 0 bridgehead atoms. The number of thiophene rings is 1. The van der Waals surface area contributed by atoms with E-state index in [1.54, 1.807) is 6.07 Å². The summed E-state index contributed by atoms with van der Waals surface area (Å²) >= 11 is 1.34. The van der Waals surface area contributed by atoms with Gasteiger partial charge in [-0.05, 0) is 43.3 Å². The Morgan fingerprint density at radius 3 is 2.21 bits per heavy atom. The first kappa shape index (κ1) is 18.3. The molecular weight excluding hydrogens is 350 g/mol. The largest absolute Gasteiger partial charge is 0.454 e. The van der Waals surface area contributed by atoms with E-state index in [4.69, 9.17) is 4.74 Å². The summed E-state index contributed by atoms with van der Waals surface area (Å²) in [6, 6.07) is 8.89. The van der Waals surface area contributed by atoms with Crippen LogP contribution in [0.3, 0.4) is 0 Å². The minimum atomic E-state index is -3.55. The van der Waals surface area contributed by atoms with Gasteiger partial charge >= 0.3 is 5.97 Å². The molecule has 2 rings (SSSR count). The molecule has 1 aromatic carbocycles. The van der Waals surface area contributed by atoms with E-state index in [-0.39, 0.29) is 22.8 Å². The van der Waals surface area contributed by atoms with Crippen molar-refractivity contribution in [2.45, 2.75) is 11.8 Å². The number of esters is 1. The number of aryl methyl sites for hydroxylation is 1. The second kappa shape index (κ2) is 7.25. The molecule has 6 nitrogen and oxygen atoms in total. The zero-order valence-corrected chi connectivity index (χ0v) is 15.1. The maximum atomic E-state index is 12.0. The first-order valence-corrected chi connectivity index (χ1v) is 9.27. The maximum absolute atomic E-state index is 12.0. The fourth-order valence-electron chi connectivity index (χ4n) is 1.84. The molecule has 24 heavy (non-hydrogen) atoms. The van der Waals surface area contributed by atoms with Gasteiger partial charge in [-0.15, -0.1) is 11.3 Å². The fourth-order valence-corrected chi connectivity index (χ4v) is 3.54. The molecule has 128 valence electrons. The predicted molar refractivity (Wildman–Crippen MR) is 91.0 cm³/mol. The Labute approximate surface area is 144 Å². The minimum Gasteiger partial charge on any atom is -0.454 e. The molecule has 1 heterocycles. The van der Waals surface area contributed by atoms with Crippen molar-refractivity contribution in [1.82, 2.24) is 4.31 Å². The van der Waals surface area contributed by atoms with Gasteiger partial charge in [-0.25, -0.2) is 17.5 Å². The number of benzene rings is 1. The Kier molecular flexibility index (Phi) is 5.53. The third-order valence-corrected chi connectivity index (χ3v) is 6.09. The van der Waals surface area contributed by atoms with Gasteiger partial charge in [0.05, 0.1) is 15.3 Å². The molecule has 1 aromatic heterocycles. The molecule has 0 radical (unpaired) electrons. The molecule has 0 spiro atoms. The zero-order chi connectivity index (χ0) is 17.9. The van der Waals surface area contributed by atoms with Gasteiger partial charge in [-0.2, -0.15) is 0 Å². The number of ketones is 1. The lowest BCUT2D eigenvalue weighted by atomic mass is 10.2. The zero-order valence-electron chi connectivity index (χ0n) is 13.5. The number of hydrogen-bond donors (Lipinski definition) is 0. The van der Waals surface area contributed by atoms with Crippen molar-refractivity contribution in [3.63, 3.8) is 0 Å². The third kappa shape index (κ3) is 4.08. The second-order valence-corrected chi connectivity index (χ2v) is 8.66. The molecule has 0 amide bonds. The van der Waals surface area contributed by atoms with Crippen molar-refractivity contribution in [3.05, 3.63) is 51.7 Å². The van der Waals surface area contributed by atoms with Gasteiger partial charge in [-0.3, -0.25) is 4.79 Å². The van der Waals surface area contributed by atoms with Gasteiger partial charge < -0.3 is 4.74 Å². The lowest BCUT2D eigenvalue weighted by molar-refractivity contribution is 0.0475. The normalized spacial score (nSPS) is 11.5. The number of nitrogens with zero attached hydrogens (tertiary/aromatic N) is 1. The van der Waals surface area contributed by atoms with Gasteiger partial charge in [0, 0.05) is 19.0 Å². The summed E-state index contributed by atoms with van der Waals surface area (Å²) in [6.45, 7) is 1.54. The standard InChI is InChI=1S/C16H17NO5S2/c1-11-4-9-15(23-11)14(18)10-22-16(19)12-5-7-13(8-6-12)24(20,21)17(2)3/h4-9H,10H2,1-3H3. The minimum absolute atomic E-state index is 0.0780. The maximum Gasteiger partial charge on any atom is 0.338 e. The van der Waals surface area contributed by atoms with Crippen LogP contribution >= 0.6 is 11.3 Å². The highest BCUT2D eigenvalue weighted by atomic mass is 32.2. The van der Waals surface area contributed by atoms with Crippen LogP contribution in [0, 0.1) is 6.92 Å². The monoisotopic (exact) mass is 367 g/mol. The van der Waals surface area contributed by atoms with E-state index in [2.05, 4.69) is 0 Å². The summed E-state index contributed by atoms with van der Waals surface area (Å²) in [5.74, 6) is -0.946. The molecule has 0 saturated heterocycles. The van der Waals surface area contributed by atoms with Crippen molar-refractivity contribution in [1.29, 1.82) is 0 Å². The number of Topliss-reactive ketones (excluding diaryl/α,β-unsaturated/α-hetero) is 1. The molecule has 8 heteroatoms. The van der Waals surface area contributed by atoms with Gasteiger partial charge in [0.25, 0.3) is 0 Å². The molecule has 0 saturated carbocycles. The van der Waals surface area contributed by atoms with Crippen molar-refractivity contribution >= 4 is 33.1 Å². The molecule has 0 aliphatic heterocycles. The summed E-state index contributed by atoms with van der Waals surface area (Å²) in [4.78, 5) is 25.5. The van der Waals surface area contributed by atoms with Crippen LogP contribution in [0.1, 0.15) is 24.9 Å². The number of carbonyl (C=O) groups is 2. The van der Waals surface area contributed by atoms with Crippen LogP contribution < -0.4 is 0 Å². The van der Waals surface area contributed by atoms with Gasteiger partial charge in [0.2, 0.25) is 15.8 Å². The molecule has 0 aliphatic rings. The highest BCUT2D eigenvalue weighted by Gasteiger charge is 2.18. The molecule has 0 atom stereocenters. The number of sulfonamides is 1. The van der Waals surface area contributed by atoms with Gasteiger partial charge in [0.1, 0.15) is 0 Å². The summed E-state index contributed by atoms with van der Waals surface area (Å²) in [6.07, 6.45) is 0. The molecular formula is C16H17NO5S2. The van der Waals surface area contributed by atoms with Crippen molar-refractivity contribution in [2.24, 2.45) is 0 Å². The van der Waals surface area contributed by atoms with E-state index in [0.29, 0.717) is 4.88 Å². The number of carbonyl (C=O) groups excluding carboxylic acids is 2. The Morgan fingerprint density at radius 1 is 1.08 bits per heavy atom. The van der Waals surface area contributed by atoms with Crippen LogP contribution in [-0.2, 0) is 14.8 Å². The van der Waals surface area contributed by atoms with Crippen molar-refractivity contribution < 1.29 is 22.7 Å². The van der Waals surface area contributed by atoms with E-state index >= 15 is 0 Å². The SMILES string of the molecule is Cc1ccc(C(=O)COC(=O)c2ccc(S(=O)(=O)N(C)C)cc2)s1. The average Bonchev–Trinajstić information content (AvgIpc) is 2.98. The number of hydrogen-bond acceptors (Lipinski definition) is 6. The quantitative estimate of drug-likeness (QED) is 0.578. The molecule has 0 unspecified atom stereocenters. The van der Waals surface area contributed by atoms with Gasteiger partial charge in [0.15, 0.2) is 6.61 Å². The summed E-state index contributed by atoms with van der Waals surface area (Å²) < 4.78 is 30.0. The van der Waals surface area contributed by atoms with E-state index in [9.17, 15) is 18.0 Å². The molecule has 0 aliphatic carbocycles. The van der Waals surface area contributed by atoms with E-state index in [1.165, 1.54) is 49.7 Å². The smallest absolute Gasteiger partial charge is 0.338 e. The molecule has 2 aromatic rings. The lowest BCUT2D eigenvalue weighted by Crippen LogP contribution is -2.22.